The van der Waals surface area contributed by atoms with E-state index in [4.69, 9.17) is 4.74 Å². The molecule has 1 N–H and O–H groups in total. The predicted molar refractivity (Wildman–Crippen MR) is 101 cm³/mol. The lowest BCUT2D eigenvalue weighted by Gasteiger charge is -2.26. The van der Waals surface area contributed by atoms with Gasteiger partial charge >= 0.3 is 0 Å². The first-order chi connectivity index (χ1) is 12.7. The molecule has 2 aromatic heterocycles. The maximum atomic E-state index is 12.6. The van der Waals surface area contributed by atoms with Crippen LogP contribution in [-0.4, -0.2) is 58.3 Å². The van der Waals surface area contributed by atoms with E-state index in [2.05, 4.69) is 27.1 Å². The van der Waals surface area contributed by atoms with Crippen molar-refractivity contribution in [1.29, 1.82) is 0 Å². The number of carbonyl (C=O) groups excluding carboxylic acids is 1. The first-order valence-corrected chi connectivity index (χ1v) is 9.16. The first-order valence-electron chi connectivity index (χ1n) is 9.16. The summed E-state index contributed by atoms with van der Waals surface area (Å²) in [6, 6.07) is 10.1. The third-order valence-electron chi connectivity index (χ3n) is 5.02. The highest BCUT2D eigenvalue weighted by Crippen LogP contribution is 2.28. The zero-order valence-corrected chi connectivity index (χ0v) is 15.1. The zero-order valence-electron chi connectivity index (χ0n) is 15.1. The van der Waals surface area contributed by atoms with Crippen LogP contribution < -0.4 is 0 Å². The Morgan fingerprint density at radius 2 is 2.12 bits per heavy atom. The number of Topliss-reactive ketones (excluding diaryl/α,β-unsaturated/α-hetero) is 1. The van der Waals surface area contributed by atoms with Crippen LogP contribution in [0.1, 0.15) is 23.3 Å². The van der Waals surface area contributed by atoms with Gasteiger partial charge in [0.1, 0.15) is 5.69 Å². The van der Waals surface area contributed by atoms with Crippen LogP contribution in [-0.2, 0) is 11.8 Å². The van der Waals surface area contributed by atoms with Gasteiger partial charge < -0.3 is 9.72 Å². The molecule has 6 heteroatoms. The van der Waals surface area contributed by atoms with Crippen LogP contribution in [0.25, 0.3) is 22.2 Å². The van der Waals surface area contributed by atoms with Crippen molar-refractivity contribution >= 4 is 16.7 Å². The van der Waals surface area contributed by atoms with Gasteiger partial charge in [-0.05, 0) is 31.2 Å². The van der Waals surface area contributed by atoms with Crippen molar-refractivity contribution in [2.24, 2.45) is 7.05 Å². The maximum absolute atomic E-state index is 12.6. The summed E-state index contributed by atoms with van der Waals surface area (Å²) in [5.41, 5.74) is 3.69. The van der Waals surface area contributed by atoms with Crippen LogP contribution in [0, 0.1) is 0 Å². The molecule has 3 heterocycles. The summed E-state index contributed by atoms with van der Waals surface area (Å²) in [4.78, 5) is 18.2. The molecule has 1 aliphatic heterocycles. The van der Waals surface area contributed by atoms with Crippen LogP contribution in [0.3, 0.4) is 0 Å². The lowest BCUT2D eigenvalue weighted by Crippen LogP contribution is -2.36. The standard InChI is InChI=1S/C20H24N4O2/c1-23-19(16-4-2-5-17-15(16)7-8-21-17)14-18(22-23)20(25)6-3-9-24-10-12-26-13-11-24/h2,4-5,7-8,14,21H,3,6,9-13H2,1H3. The van der Waals surface area contributed by atoms with Crippen molar-refractivity contribution < 1.29 is 9.53 Å². The first kappa shape index (κ1) is 17.0. The number of ketones is 1. The number of H-pyrrole nitrogens is 1. The van der Waals surface area contributed by atoms with Gasteiger partial charge in [-0.2, -0.15) is 5.10 Å². The number of morpholine rings is 1. The molecule has 136 valence electrons. The Morgan fingerprint density at radius 3 is 2.96 bits per heavy atom. The molecule has 0 radical (unpaired) electrons. The number of hydrogen-bond donors (Lipinski definition) is 1. The third-order valence-corrected chi connectivity index (χ3v) is 5.02. The quantitative estimate of drug-likeness (QED) is 0.693. The molecule has 0 unspecified atom stereocenters. The number of nitrogens with one attached hydrogen (secondary N) is 1. The normalized spacial score (nSPS) is 15.6. The van der Waals surface area contributed by atoms with E-state index < -0.39 is 0 Å². The third kappa shape index (κ3) is 3.43. The summed E-state index contributed by atoms with van der Waals surface area (Å²) in [5.74, 6) is 0.112. The van der Waals surface area contributed by atoms with Crippen molar-refractivity contribution in [3.05, 3.63) is 42.2 Å². The molecule has 0 atom stereocenters. The lowest BCUT2D eigenvalue weighted by molar-refractivity contribution is 0.0371. The summed E-state index contributed by atoms with van der Waals surface area (Å²) in [6.07, 6.45) is 3.32. The van der Waals surface area contributed by atoms with Gasteiger partial charge in [0.2, 0.25) is 0 Å². The number of benzene rings is 1. The minimum atomic E-state index is 0.112. The van der Waals surface area contributed by atoms with Crippen molar-refractivity contribution in [3.8, 4) is 11.3 Å². The molecule has 0 amide bonds. The van der Waals surface area contributed by atoms with E-state index in [1.807, 2.05) is 31.4 Å². The van der Waals surface area contributed by atoms with E-state index in [0.717, 1.165) is 61.4 Å². The molecular weight excluding hydrogens is 328 g/mol. The Bertz CT molecular complexity index is 906. The van der Waals surface area contributed by atoms with Gasteiger partial charge in [0.25, 0.3) is 0 Å². The number of hydrogen-bond acceptors (Lipinski definition) is 4. The van der Waals surface area contributed by atoms with Gasteiger partial charge in [0, 0.05) is 49.2 Å². The van der Waals surface area contributed by atoms with Gasteiger partial charge in [0.15, 0.2) is 5.78 Å². The second-order valence-electron chi connectivity index (χ2n) is 6.76. The molecule has 1 saturated heterocycles. The van der Waals surface area contributed by atoms with Gasteiger partial charge in [-0.25, -0.2) is 0 Å². The van der Waals surface area contributed by atoms with Crippen LogP contribution >= 0.6 is 0 Å². The molecule has 0 aliphatic carbocycles. The molecule has 6 nitrogen and oxygen atoms in total. The van der Waals surface area contributed by atoms with Gasteiger partial charge in [-0.15, -0.1) is 0 Å². The van der Waals surface area contributed by atoms with Crippen molar-refractivity contribution in [2.75, 3.05) is 32.8 Å². The Balaban J connectivity index is 1.46. The Labute approximate surface area is 152 Å². The lowest BCUT2D eigenvalue weighted by atomic mass is 10.1. The molecule has 1 aliphatic rings. The minimum Gasteiger partial charge on any atom is -0.379 e. The average molecular weight is 352 g/mol. The van der Waals surface area contributed by atoms with Crippen LogP contribution in [0.2, 0.25) is 0 Å². The van der Waals surface area contributed by atoms with E-state index in [1.165, 1.54) is 0 Å². The van der Waals surface area contributed by atoms with Crippen molar-refractivity contribution in [1.82, 2.24) is 19.7 Å². The Morgan fingerprint density at radius 1 is 1.27 bits per heavy atom. The molecule has 3 aromatic rings. The molecule has 1 fully saturated rings. The van der Waals surface area contributed by atoms with E-state index >= 15 is 0 Å². The monoisotopic (exact) mass is 352 g/mol. The number of carbonyl (C=O) groups is 1. The molecular formula is C20H24N4O2. The molecule has 0 spiro atoms. The second-order valence-corrected chi connectivity index (χ2v) is 6.76. The highest BCUT2D eigenvalue weighted by Gasteiger charge is 2.16. The summed E-state index contributed by atoms with van der Waals surface area (Å²) < 4.78 is 7.16. The number of aromatic amines is 1. The highest BCUT2D eigenvalue weighted by molar-refractivity contribution is 5.98. The number of nitrogens with zero attached hydrogens (tertiary/aromatic N) is 3. The molecule has 26 heavy (non-hydrogen) atoms. The number of fused-ring (bicyclic) bond motifs is 1. The highest BCUT2D eigenvalue weighted by atomic mass is 16.5. The Kier molecular flexibility index (Phi) is 4.86. The Hall–Kier alpha value is -2.44. The molecule has 4 rings (SSSR count). The second kappa shape index (κ2) is 7.43. The number of rotatable bonds is 6. The molecule has 0 saturated carbocycles. The summed E-state index contributed by atoms with van der Waals surface area (Å²) in [6.45, 7) is 4.45. The van der Waals surface area contributed by atoms with Gasteiger partial charge in [-0.1, -0.05) is 12.1 Å². The van der Waals surface area contributed by atoms with Gasteiger partial charge in [-0.3, -0.25) is 14.4 Å². The fraction of sp³-hybridized carbons (Fsp3) is 0.400. The van der Waals surface area contributed by atoms with Gasteiger partial charge in [0.05, 0.1) is 18.9 Å². The number of aryl methyl sites for hydroxylation is 1. The number of aromatic nitrogens is 3. The fourth-order valence-electron chi connectivity index (χ4n) is 3.58. The van der Waals surface area contributed by atoms with E-state index in [9.17, 15) is 4.79 Å². The van der Waals surface area contributed by atoms with Crippen LogP contribution in [0.4, 0.5) is 0 Å². The summed E-state index contributed by atoms with van der Waals surface area (Å²) in [7, 11) is 1.89. The summed E-state index contributed by atoms with van der Waals surface area (Å²) in [5, 5.41) is 5.61. The number of ether oxygens (including phenoxy) is 1. The topological polar surface area (TPSA) is 63.1 Å². The fourth-order valence-corrected chi connectivity index (χ4v) is 3.58. The SMILES string of the molecule is Cn1nc(C(=O)CCCN2CCOCC2)cc1-c1cccc2[nH]ccc12. The molecule has 0 bridgehead atoms. The largest absolute Gasteiger partial charge is 0.379 e. The van der Waals surface area contributed by atoms with E-state index in [1.54, 1.807) is 4.68 Å². The van der Waals surface area contributed by atoms with Crippen molar-refractivity contribution in [3.63, 3.8) is 0 Å². The van der Waals surface area contributed by atoms with Crippen LogP contribution in [0.15, 0.2) is 36.5 Å². The molecule has 1 aromatic carbocycles. The average Bonchev–Trinajstić information content (AvgIpc) is 3.29. The van der Waals surface area contributed by atoms with E-state index in [-0.39, 0.29) is 5.78 Å². The van der Waals surface area contributed by atoms with Crippen molar-refractivity contribution in [2.45, 2.75) is 12.8 Å². The zero-order chi connectivity index (χ0) is 17.9. The minimum absolute atomic E-state index is 0.112. The van der Waals surface area contributed by atoms with Crippen LogP contribution in [0.5, 0.6) is 0 Å². The summed E-state index contributed by atoms with van der Waals surface area (Å²) >= 11 is 0. The maximum Gasteiger partial charge on any atom is 0.183 e. The van der Waals surface area contributed by atoms with E-state index in [0.29, 0.717) is 12.1 Å². The predicted octanol–water partition coefficient (Wildman–Crippen LogP) is 2.86. The smallest absolute Gasteiger partial charge is 0.183 e.